The molecule has 0 aromatic heterocycles. The molecular formula is C20H32N2O4S. The average Bonchev–Trinajstić information content (AvgIpc) is 2.70. The number of likely N-dealkylation sites (tertiary alicyclic amines) is 1. The van der Waals surface area contributed by atoms with E-state index >= 15 is 0 Å². The van der Waals surface area contributed by atoms with Crippen molar-refractivity contribution < 1.29 is 19.4 Å². The Morgan fingerprint density at radius 1 is 1.33 bits per heavy atom. The van der Waals surface area contributed by atoms with Crippen LogP contribution >= 0.6 is 11.8 Å². The van der Waals surface area contributed by atoms with Crippen LogP contribution in [0.4, 0.5) is 0 Å². The molecule has 0 saturated carbocycles. The predicted octanol–water partition coefficient (Wildman–Crippen LogP) is 1.76. The number of nitrogens with one attached hydrogen (secondary N) is 1. The van der Waals surface area contributed by atoms with Crippen LogP contribution in [0.3, 0.4) is 0 Å². The van der Waals surface area contributed by atoms with Gasteiger partial charge in [-0.15, -0.1) is 0 Å². The Morgan fingerprint density at radius 3 is 2.67 bits per heavy atom. The van der Waals surface area contributed by atoms with Crippen LogP contribution in [-0.4, -0.2) is 74.0 Å². The Balaban J connectivity index is 1.64. The molecule has 0 spiro atoms. The maximum Gasteiger partial charge on any atom is 0.308 e. The van der Waals surface area contributed by atoms with Gasteiger partial charge in [0.25, 0.3) is 0 Å². The predicted molar refractivity (Wildman–Crippen MR) is 109 cm³/mol. The summed E-state index contributed by atoms with van der Waals surface area (Å²) < 4.78 is 10.5. The number of piperidine rings is 1. The molecule has 0 amide bonds. The summed E-state index contributed by atoms with van der Waals surface area (Å²) in [5, 5.41) is 13.6. The summed E-state index contributed by atoms with van der Waals surface area (Å²) in [5.41, 5.74) is 1.22. The number of thioether (sulfide) groups is 1. The minimum Gasteiger partial charge on any atom is -0.491 e. The largest absolute Gasteiger partial charge is 0.491 e. The molecule has 1 aliphatic rings. The lowest BCUT2D eigenvalue weighted by atomic mass is 9.97. The standard InChI is InChI=1S/C20H32N2O4S/c1-25-20(24)17-7-10-22(11-8-17)14-18(23)15-26-19-5-3-16(4-6-19)13-21-9-12-27-2/h3-6,17-18,21,23H,7-15H2,1-2H3/t18-/m1/s1. The second-order valence-corrected chi connectivity index (χ2v) is 7.86. The number of ether oxygens (including phenoxy) is 2. The van der Waals surface area contributed by atoms with Crippen molar-refractivity contribution in [2.75, 3.05) is 51.9 Å². The van der Waals surface area contributed by atoms with Gasteiger partial charge in [-0.2, -0.15) is 11.8 Å². The second kappa shape index (κ2) is 12.2. The molecule has 152 valence electrons. The summed E-state index contributed by atoms with van der Waals surface area (Å²) in [5.74, 6) is 1.75. The fraction of sp³-hybridized carbons (Fsp3) is 0.650. The van der Waals surface area contributed by atoms with E-state index in [0.29, 0.717) is 6.54 Å². The molecule has 1 atom stereocenters. The number of β-amino-alcohol motifs (C(OH)–C–C–N with tert-alkyl or cyclic N) is 1. The van der Waals surface area contributed by atoms with Gasteiger partial charge in [0.15, 0.2) is 0 Å². The molecule has 1 heterocycles. The van der Waals surface area contributed by atoms with Crippen molar-refractivity contribution in [1.82, 2.24) is 10.2 Å². The highest BCUT2D eigenvalue weighted by atomic mass is 32.2. The minimum absolute atomic E-state index is 0.00614. The van der Waals surface area contributed by atoms with Gasteiger partial charge >= 0.3 is 5.97 Å². The number of aliphatic hydroxyl groups is 1. The first-order valence-electron chi connectivity index (χ1n) is 9.52. The molecule has 2 N–H and O–H groups in total. The quantitative estimate of drug-likeness (QED) is 0.436. The molecule has 1 fully saturated rings. The van der Waals surface area contributed by atoms with E-state index in [-0.39, 0.29) is 18.5 Å². The van der Waals surface area contributed by atoms with E-state index in [1.807, 2.05) is 36.0 Å². The van der Waals surface area contributed by atoms with Gasteiger partial charge in [0.05, 0.1) is 13.0 Å². The number of carbonyl (C=O) groups is 1. The molecule has 0 aliphatic carbocycles. The SMILES string of the molecule is COC(=O)C1CCN(C[C@@H](O)COc2ccc(CNCCSC)cc2)CC1. The van der Waals surface area contributed by atoms with Gasteiger partial charge in [0.1, 0.15) is 18.5 Å². The number of nitrogens with zero attached hydrogens (tertiary/aromatic N) is 1. The number of hydrogen-bond donors (Lipinski definition) is 2. The van der Waals surface area contributed by atoms with Crippen LogP contribution in [-0.2, 0) is 16.1 Å². The fourth-order valence-electron chi connectivity index (χ4n) is 3.17. The summed E-state index contributed by atoms with van der Waals surface area (Å²) >= 11 is 1.83. The van der Waals surface area contributed by atoms with Crippen molar-refractivity contribution in [3.05, 3.63) is 29.8 Å². The van der Waals surface area contributed by atoms with E-state index in [0.717, 1.165) is 50.5 Å². The monoisotopic (exact) mass is 396 g/mol. The fourth-order valence-corrected chi connectivity index (χ4v) is 3.52. The molecular weight excluding hydrogens is 364 g/mol. The molecule has 0 unspecified atom stereocenters. The lowest BCUT2D eigenvalue weighted by Crippen LogP contribution is -2.42. The summed E-state index contributed by atoms with van der Waals surface area (Å²) in [6, 6.07) is 7.98. The van der Waals surface area contributed by atoms with Gasteiger partial charge in [-0.1, -0.05) is 12.1 Å². The number of carbonyl (C=O) groups excluding carboxylic acids is 1. The summed E-state index contributed by atoms with van der Waals surface area (Å²) in [7, 11) is 1.43. The van der Waals surface area contributed by atoms with Gasteiger partial charge in [0.2, 0.25) is 0 Å². The van der Waals surface area contributed by atoms with E-state index < -0.39 is 6.10 Å². The molecule has 27 heavy (non-hydrogen) atoms. The molecule has 0 bridgehead atoms. The summed E-state index contributed by atoms with van der Waals surface area (Å²) in [4.78, 5) is 13.7. The Labute approximate surface area is 166 Å². The van der Waals surface area contributed by atoms with Gasteiger partial charge in [-0.3, -0.25) is 4.79 Å². The van der Waals surface area contributed by atoms with Crippen LogP contribution < -0.4 is 10.1 Å². The van der Waals surface area contributed by atoms with Crippen molar-refractivity contribution >= 4 is 17.7 Å². The number of aliphatic hydroxyl groups excluding tert-OH is 1. The molecule has 1 saturated heterocycles. The molecule has 6 nitrogen and oxygen atoms in total. The zero-order valence-electron chi connectivity index (χ0n) is 16.4. The van der Waals surface area contributed by atoms with Crippen LogP contribution in [0.15, 0.2) is 24.3 Å². The number of methoxy groups -OCH3 is 1. The normalized spacial score (nSPS) is 16.9. The van der Waals surface area contributed by atoms with E-state index in [9.17, 15) is 9.90 Å². The van der Waals surface area contributed by atoms with Crippen molar-refractivity contribution in [2.24, 2.45) is 5.92 Å². The summed E-state index contributed by atoms with van der Waals surface area (Å²) in [6.45, 7) is 4.28. The molecule has 1 aromatic carbocycles. The van der Waals surface area contributed by atoms with Crippen molar-refractivity contribution in [3.63, 3.8) is 0 Å². The van der Waals surface area contributed by atoms with E-state index in [1.165, 1.54) is 12.7 Å². The highest BCUT2D eigenvalue weighted by Gasteiger charge is 2.26. The Bertz CT molecular complexity index is 547. The molecule has 1 aliphatic heterocycles. The Kier molecular flexibility index (Phi) is 9.97. The third kappa shape index (κ3) is 8.09. The second-order valence-electron chi connectivity index (χ2n) is 6.88. The molecule has 2 rings (SSSR count). The Morgan fingerprint density at radius 2 is 2.04 bits per heavy atom. The van der Waals surface area contributed by atoms with E-state index in [1.54, 1.807) is 0 Å². The topological polar surface area (TPSA) is 71.0 Å². The van der Waals surface area contributed by atoms with Crippen LogP contribution in [0, 0.1) is 5.92 Å². The summed E-state index contributed by atoms with van der Waals surface area (Å²) in [6.07, 6.45) is 3.12. The lowest BCUT2D eigenvalue weighted by molar-refractivity contribution is -0.147. The first kappa shape index (κ1) is 22.0. The zero-order chi connectivity index (χ0) is 19.5. The number of hydrogen-bond acceptors (Lipinski definition) is 7. The smallest absolute Gasteiger partial charge is 0.308 e. The highest BCUT2D eigenvalue weighted by Crippen LogP contribution is 2.19. The third-order valence-electron chi connectivity index (χ3n) is 4.77. The van der Waals surface area contributed by atoms with Gasteiger partial charge in [-0.05, 0) is 49.9 Å². The van der Waals surface area contributed by atoms with Crippen molar-refractivity contribution in [3.8, 4) is 5.75 Å². The van der Waals surface area contributed by atoms with Crippen molar-refractivity contribution in [2.45, 2.75) is 25.5 Å². The number of benzene rings is 1. The van der Waals surface area contributed by atoms with Crippen molar-refractivity contribution in [1.29, 1.82) is 0 Å². The third-order valence-corrected chi connectivity index (χ3v) is 5.38. The molecule has 0 radical (unpaired) electrons. The minimum atomic E-state index is -0.549. The Hall–Kier alpha value is -1.28. The number of esters is 1. The van der Waals surface area contributed by atoms with Gasteiger partial charge in [0, 0.05) is 25.4 Å². The number of rotatable bonds is 11. The highest BCUT2D eigenvalue weighted by molar-refractivity contribution is 7.98. The van der Waals surface area contributed by atoms with Gasteiger partial charge < -0.3 is 24.8 Å². The maximum absolute atomic E-state index is 11.6. The lowest BCUT2D eigenvalue weighted by Gasteiger charge is -2.31. The molecule has 1 aromatic rings. The first-order chi connectivity index (χ1) is 13.1. The first-order valence-corrected chi connectivity index (χ1v) is 10.9. The van der Waals surface area contributed by atoms with E-state index in [2.05, 4.69) is 16.5 Å². The van der Waals surface area contributed by atoms with Gasteiger partial charge in [-0.25, -0.2) is 0 Å². The molecule has 7 heteroatoms. The van der Waals surface area contributed by atoms with Crippen LogP contribution in [0.2, 0.25) is 0 Å². The van der Waals surface area contributed by atoms with Crippen LogP contribution in [0.1, 0.15) is 18.4 Å². The average molecular weight is 397 g/mol. The van der Waals surface area contributed by atoms with Crippen LogP contribution in [0.25, 0.3) is 0 Å². The maximum atomic E-state index is 11.6. The van der Waals surface area contributed by atoms with Crippen LogP contribution in [0.5, 0.6) is 5.75 Å². The zero-order valence-corrected chi connectivity index (χ0v) is 17.2. The van der Waals surface area contributed by atoms with E-state index in [4.69, 9.17) is 9.47 Å².